The summed E-state index contributed by atoms with van der Waals surface area (Å²) in [5, 5.41) is 0. The number of hydrogen-bond donors (Lipinski definition) is 2. The minimum absolute atomic E-state index is 0.151. The summed E-state index contributed by atoms with van der Waals surface area (Å²) in [5.41, 5.74) is 11.4. The molecule has 0 amide bonds. The van der Waals surface area contributed by atoms with E-state index in [-0.39, 0.29) is 6.17 Å². The van der Waals surface area contributed by atoms with Crippen molar-refractivity contribution >= 4 is 0 Å². The maximum absolute atomic E-state index is 5.56. The van der Waals surface area contributed by atoms with Crippen molar-refractivity contribution in [3.8, 4) is 0 Å². The van der Waals surface area contributed by atoms with Gasteiger partial charge in [-0.3, -0.25) is 0 Å². The van der Waals surface area contributed by atoms with E-state index in [0.29, 0.717) is 5.41 Å². The van der Waals surface area contributed by atoms with Crippen LogP contribution < -0.4 is 11.5 Å². The molecule has 0 aliphatic rings. The maximum Gasteiger partial charge on any atom is 0.0526 e. The Hall–Kier alpha value is -0.0800. The normalized spacial score (nSPS) is 12.5. The summed E-state index contributed by atoms with van der Waals surface area (Å²) in [4.78, 5) is 0. The third-order valence-electron chi connectivity index (χ3n) is 2.25. The SMILES string of the molecule is CCCCCC(C)(C)CC(N)N. The fourth-order valence-corrected chi connectivity index (χ4v) is 1.59. The third kappa shape index (κ3) is 6.62. The summed E-state index contributed by atoms with van der Waals surface area (Å²) in [6, 6.07) is 0. The molecule has 0 aromatic carbocycles. The molecule has 0 aliphatic heterocycles. The molecule has 4 N–H and O–H groups in total. The number of unbranched alkanes of at least 4 members (excludes halogenated alkanes) is 2. The highest BCUT2D eigenvalue weighted by atomic mass is 14.8. The van der Waals surface area contributed by atoms with Crippen LogP contribution in [-0.4, -0.2) is 6.17 Å². The van der Waals surface area contributed by atoms with Crippen LogP contribution in [0.25, 0.3) is 0 Å². The largest absolute Gasteiger partial charge is 0.316 e. The Morgan fingerprint density at radius 1 is 1.17 bits per heavy atom. The lowest BCUT2D eigenvalue weighted by Crippen LogP contribution is -2.35. The van der Waals surface area contributed by atoms with Crippen molar-refractivity contribution in [3.05, 3.63) is 0 Å². The van der Waals surface area contributed by atoms with Crippen molar-refractivity contribution in [2.45, 2.75) is 59.0 Å². The molecule has 0 heterocycles. The van der Waals surface area contributed by atoms with Gasteiger partial charge in [0.2, 0.25) is 0 Å². The van der Waals surface area contributed by atoms with E-state index in [0.717, 1.165) is 6.42 Å². The fraction of sp³-hybridized carbons (Fsp3) is 1.00. The molecule has 0 aliphatic carbocycles. The lowest BCUT2D eigenvalue weighted by molar-refractivity contribution is 0.273. The molecule has 0 aromatic rings. The first-order valence-corrected chi connectivity index (χ1v) is 4.99. The maximum atomic E-state index is 5.56. The Balaban J connectivity index is 3.56. The summed E-state index contributed by atoms with van der Waals surface area (Å²) >= 11 is 0. The molecule has 0 radical (unpaired) electrons. The Labute approximate surface area is 76.7 Å². The second kappa shape index (κ2) is 5.55. The minimum atomic E-state index is -0.151. The van der Waals surface area contributed by atoms with E-state index in [1.54, 1.807) is 0 Å². The average Bonchev–Trinajstić information content (AvgIpc) is 1.84. The summed E-state index contributed by atoms with van der Waals surface area (Å²) in [5.74, 6) is 0. The van der Waals surface area contributed by atoms with Gasteiger partial charge >= 0.3 is 0 Å². The van der Waals surface area contributed by atoms with Gasteiger partial charge in [0.15, 0.2) is 0 Å². The van der Waals surface area contributed by atoms with Gasteiger partial charge < -0.3 is 11.5 Å². The van der Waals surface area contributed by atoms with Crippen LogP contribution in [0, 0.1) is 5.41 Å². The van der Waals surface area contributed by atoms with Crippen molar-refractivity contribution in [1.82, 2.24) is 0 Å². The highest BCUT2D eigenvalue weighted by Crippen LogP contribution is 2.27. The highest BCUT2D eigenvalue weighted by molar-refractivity contribution is 4.72. The van der Waals surface area contributed by atoms with E-state index >= 15 is 0 Å². The molecule has 12 heavy (non-hydrogen) atoms. The van der Waals surface area contributed by atoms with Crippen LogP contribution in [0.15, 0.2) is 0 Å². The lowest BCUT2D eigenvalue weighted by atomic mass is 9.83. The van der Waals surface area contributed by atoms with Crippen LogP contribution in [0.1, 0.15) is 52.9 Å². The van der Waals surface area contributed by atoms with Gasteiger partial charge in [0.25, 0.3) is 0 Å². The van der Waals surface area contributed by atoms with Crippen molar-refractivity contribution in [3.63, 3.8) is 0 Å². The predicted molar refractivity (Wildman–Crippen MR) is 54.7 cm³/mol. The van der Waals surface area contributed by atoms with Crippen LogP contribution in [0.5, 0.6) is 0 Å². The Kier molecular flexibility index (Phi) is 5.51. The summed E-state index contributed by atoms with van der Waals surface area (Å²) in [6.07, 6.45) is 5.92. The van der Waals surface area contributed by atoms with E-state index in [2.05, 4.69) is 20.8 Å². The molecule has 0 aromatic heterocycles. The van der Waals surface area contributed by atoms with Crippen LogP contribution in [-0.2, 0) is 0 Å². The molecule has 74 valence electrons. The molecule has 0 saturated heterocycles. The molecule has 0 bridgehead atoms. The first kappa shape index (κ1) is 11.9. The van der Waals surface area contributed by atoms with Crippen molar-refractivity contribution in [2.24, 2.45) is 16.9 Å². The molecule has 0 saturated carbocycles. The topological polar surface area (TPSA) is 52.0 Å². The van der Waals surface area contributed by atoms with E-state index in [9.17, 15) is 0 Å². The Morgan fingerprint density at radius 2 is 1.75 bits per heavy atom. The van der Waals surface area contributed by atoms with Gasteiger partial charge in [-0.15, -0.1) is 0 Å². The second-order valence-electron chi connectivity index (χ2n) is 4.49. The smallest absolute Gasteiger partial charge is 0.0526 e. The quantitative estimate of drug-likeness (QED) is 0.477. The molecule has 0 unspecified atom stereocenters. The van der Waals surface area contributed by atoms with Gasteiger partial charge in [0.05, 0.1) is 6.17 Å². The van der Waals surface area contributed by atoms with Gasteiger partial charge in [-0.25, -0.2) is 0 Å². The second-order valence-corrected chi connectivity index (χ2v) is 4.49. The van der Waals surface area contributed by atoms with Crippen molar-refractivity contribution in [2.75, 3.05) is 0 Å². The summed E-state index contributed by atoms with van der Waals surface area (Å²) < 4.78 is 0. The zero-order chi connectivity index (χ0) is 9.61. The van der Waals surface area contributed by atoms with Crippen molar-refractivity contribution < 1.29 is 0 Å². The number of hydrogen-bond acceptors (Lipinski definition) is 2. The van der Waals surface area contributed by atoms with Gasteiger partial charge in [0.1, 0.15) is 0 Å². The van der Waals surface area contributed by atoms with Gasteiger partial charge in [-0.2, -0.15) is 0 Å². The molecule has 0 atom stereocenters. The van der Waals surface area contributed by atoms with Crippen LogP contribution in [0.4, 0.5) is 0 Å². The average molecular weight is 172 g/mol. The monoisotopic (exact) mass is 172 g/mol. The molecule has 2 heteroatoms. The first-order valence-electron chi connectivity index (χ1n) is 4.99. The fourth-order valence-electron chi connectivity index (χ4n) is 1.59. The van der Waals surface area contributed by atoms with Crippen LogP contribution in [0.2, 0.25) is 0 Å². The zero-order valence-corrected chi connectivity index (χ0v) is 8.77. The van der Waals surface area contributed by atoms with Gasteiger partial charge in [-0.1, -0.05) is 40.0 Å². The van der Waals surface area contributed by atoms with E-state index in [1.807, 2.05) is 0 Å². The highest BCUT2D eigenvalue weighted by Gasteiger charge is 2.18. The Bertz CT molecular complexity index is 108. The molecule has 0 rings (SSSR count). The molecular formula is C10H24N2. The van der Waals surface area contributed by atoms with E-state index < -0.39 is 0 Å². The van der Waals surface area contributed by atoms with Crippen LogP contribution in [0.3, 0.4) is 0 Å². The van der Waals surface area contributed by atoms with Crippen molar-refractivity contribution in [1.29, 1.82) is 0 Å². The number of rotatable bonds is 6. The first-order chi connectivity index (χ1) is 5.48. The molecule has 0 fully saturated rings. The standard InChI is InChI=1S/C10H24N2/c1-4-5-6-7-10(2,3)8-9(11)12/h9H,4-8,11-12H2,1-3H3. The van der Waals surface area contributed by atoms with Gasteiger partial charge in [-0.05, 0) is 18.3 Å². The molecule has 2 nitrogen and oxygen atoms in total. The van der Waals surface area contributed by atoms with Gasteiger partial charge in [0, 0.05) is 0 Å². The summed E-state index contributed by atoms with van der Waals surface area (Å²) in [7, 11) is 0. The summed E-state index contributed by atoms with van der Waals surface area (Å²) in [6.45, 7) is 6.71. The minimum Gasteiger partial charge on any atom is -0.316 e. The Morgan fingerprint density at radius 3 is 2.17 bits per heavy atom. The predicted octanol–water partition coefficient (Wildman–Crippen LogP) is 2.23. The van der Waals surface area contributed by atoms with Crippen LogP contribution >= 0.6 is 0 Å². The van der Waals surface area contributed by atoms with E-state index in [4.69, 9.17) is 11.5 Å². The number of nitrogens with two attached hydrogens (primary N) is 2. The molecular weight excluding hydrogens is 148 g/mol. The lowest BCUT2D eigenvalue weighted by Gasteiger charge is -2.26. The zero-order valence-electron chi connectivity index (χ0n) is 8.77. The third-order valence-corrected chi connectivity index (χ3v) is 2.25. The molecule has 0 spiro atoms. The van der Waals surface area contributed by atoms with E-state index in [1.165, 1.54) is 25.7 Å².